The number of thiazole rings is 1. The van der Waals surface area contributed by atoms with Crippen molar-refractivity contribution in [3.05, 3.63) is 78.4 Å². The van der Waals surface area contributed by atoms with Crippen LogP contribution in [0.1, 0.15) is 26.3 Å². The van der Waals surface area contributed by atoms with Crippen LogP contribution in [0.2, 0.25) is 0 Å². The highest BCUT2D eigenvalue weighted by molar-refractivity contribution is 7.21. The lowest BCUT2D eigenvalue weighted by molar-refractivity contribution is 0.217. The summed E-state index contributed by atoms with van der Waals surface area (Å²) in [5, 5.41) is 1.01. The third kappa shape index (κ3) is 4.77. The molecule has 4 rings (SSSR count). The van der Waals surface area contributed by atoms with E-state index in [1.165, 1.54) is 10.3 Å². The van der Waals surface area contributed by atoms with Crippen molar-refractivity contribution in [2.75, 3.05) is 13.2 Å². The van der Waals surface area contributed by atoms with Gasteiger partial charge in [-0.25, -0.2) is 4.98 Å². The Labute approximate surface area is 176 Å². The van der Waals surface area contributed by atoms with Crippen molar-refractivity contribution in [3.8, 4) is 22.1 Å². The van der Waals surface area contributed by atoms with Crippen molar-refractivity contribution in [2.24, 2.45) is 0 Å². The number of aromatic nitrogens is 1. The Morgan fingerprint density at radius 1 is 0.793 bits per heavy atom. The second kappa shape index (κ2) is 8.26. The summed E-state index contributed by atoms with van der Waals surface area (Å²) in [5.41, 5.74) is 3.55. The Kier molecular flexibility index (Phi) is 5.54. The van der Waals surface area contributed by atoms with Crippen molar-refractivity contribution < 1.29 is 9.47 Å². The van der Waals surface area contributed by atoms with Gasteiger partial charge in [0.1, 0.15) is 29.7 Å². The Bertz CT molecular complexity index is 1060. The van der Waals surface area contributed by atoms with Gasteiger partial charge in [-0.15, -0.1) is 11.3 Å². The molecule has 0 aliphatic heterocycles. The largest absolute Gasteiger partial charge is 0.490 e. The zero-order valence-corrected chi connectivity index (χ0v) is 17.8. The topological polar surface area (TPSA) is 31.4 Å². The van der Waals surface area contributed by atoms with Gasteiger partial charge >= 0.3 is 0 Å². The number of rotatable bonds is 6. The maximum atomic E-state index is 5.89. The summed E-state index contributed by atoms with van der Waals surface area (Å²) in [5.74, 6) is 1.69. The second-order valence-electron chi connectivity index (χ2n) is 7.99. The van der Waals surface area contributed by atoms with Crippen LogP contribution in [0.5, 0.6) is 11.5 Å². The summed E-state index contributed by atoms with van der Waals surface area (Å²) in [6, 6.07) is 24.6. The fourth-order valence-corrected chi connectivity index (χ4v) is 4.05. The molecule has 0 fully saturated rings. The van der Waals surface area contributed by atoms with Crippen LogP contribution in [-0.4, -0.2) is 18.2 Å². The summed E-state index contributed by atoms with van der Waals surface area (Å²) in [6.07, 6.45) is 0. The highest BCUT2D eigenvalue weighted by Crippen LogP contribution is 2.31. The van der Waals surface area contributed by atoms with E-state index in [1.807, 2.05) is 48.5 Å². The Hall–Kier alpha value is -2.85. The molecule has 3 aromatic carbocycles. The van der Waals surface area contributed by atoms with Crippen LogP contribution in [0.25, 0.3) is 20.8 Å². The fourth-order valence-electron chi connectivity index (χ4n) is 3.08. The smallest absolute Gasteiger partial charge is 0.124 e. The van der Waals surface area contributed by atoms with Crippen molar-refractivity contribution in [3.63, 3.8) is 0 Å². The molecule has 148 valence electrons. The number of hydrogen-bond acceptors (Lipinski definition) is 4. The lowest BCUT2D eigenvalue weighted by atomic mass is 9.87. The van der Waals surface area contributed by atoms with Gasteiger partial charge in [0.2, 0.25) is 0 Å². The van der Waals surface area contributed by atoms with Crippen molar-refractivity contribution in [1.29, 1.82) is 0 Å². The molecule has 0 atom stereocenters. The van der Waals surface area contributed by atoms with Crippen LogP contribution in [-0.2, 0) is 5.41 Å². The third-order valence-electron chi connectivity index (χ3n) is 4.72. The number of para-hydroxylation sites is 1. The van der Waals surface area contributed by atoms with Gasteiger partial charge in [0.15, 0.2) is 0 Å². The molecule has 0 spiro atoms. The third-order valence-corrected chi connectivity index (χ3v) is 5.80. The Balaban J connectivity index is 1.34. The zero-order valence-electron chi connectivity index (χ0n) is 17.0. The molecular weight excluding hydrogens is 378 g/mol. The normalized spacial score (nSPS) is 11.6. The van der Waals surface area contributed by atoms with E-state index >= 15 is 0 Å². The van der Waals surface area contributed by atoms with Crippen LogP contribution in [0.3, 0.4) is 0 Å². The Morgan fingerprint density at radius 3 is 2.24 bits per heavy atom. The second-order valence-corrected chi connectivity index (χ2v) is 9.02. The standard InChI is InChI=1S/C25H25NO2S/c1-25(2,3)19-11-13-20(14-12-19)27-15-16-28-21-8-6-7-18(17-21)24-26-22-9-4-5-10-23(22)29-24/h4-14,17H,15-16H2,1-3H3. The first-order valence-corrected chi connectivity index (χ1v) is 10.6. The van der Waals surface area contributed by atoms with Crippen molar-refractivity contribution in [2.45, 2.75) is 26.2 Å². The summed E-state index contributed by atoms with van der Waals surface area (Å²) in [7, 11) is 0. The molecule has 0 aliphatic carbocycles. The average Bonchev–Trinajstić information content (AvgIpc) is 3.16. The molecule has 1 aromatic heterocycles. The van der Waals surface area contributed by atoms with Gasteiger partial charge in [-0.2, -0.15) is 0 Å². The average molecular weight is 404 g/mol. The van der Waals surface area contributed by atoms with E-state index in [1.54, 1.807) is 11.3 Å². The van der Waals surface area contributed by atoms with E-state index in [9.17, 15) is 0 Å². The van der Waals surface area contributed by atoms with Crippen molar-refractivity contribution in [1.82, 2.24) is 4.98 Å². The van der Waals surface area contributed by atoms with Crippen molar-refractivity contribution >= 4 is 21.6 Å². The van der Waals surface area contributed by atoms with Gasteiger partial charge in [0, 0.05) is 5.56 Å². The summed E-state index contributed by atoms with van der Waals surface area (Å²) in [4.78, 5) is 4.72. The van der Waals surface area contributed by atoms with Gasteiger partial charge in [-0.1, -0.05) is 57.2 Å². The Morgan fingerprint density at radius 2 is 1.52 bits per heavy atom. The maximum absolute atomic E-state index is 5.89. The molecule has 0 unspecified atom stereocenters. The van der Waals surface area contributed by atoms with E-state index < -0.39 is 0 Å². The number of benzene rings is 3. The summed E-state index contributed by atoms with van der Waals surface area (Å²) >= 11 is 1.70. The molecule has 29 heavy (non-hydrogen) atoms. The molecule has 4 heteroatoms. The van der Waals surface area contributed by atoms with E-state index in [2.05, 4.69) is 45.0 Å². The quantitative estimate of drug-likeness (QED) is 0.335. The molecular formula is C25H25NO2S. The van der Waals surface area contributed by atoms with Gasteiger partial charge in [-0.3, -0.25) is 0 Å². The van der Waals surface area contributed by atoms with Crippen LogP contribution in [0.15, 0.2) is 72.8 Å². The van der Waals surface area contributed by atoms with Gasteiger partial charge in [0.05, 0.1) is 10.2 Å². The monoisotopic (exact) mass is 403 g/mol. The molecule has 0 radical (unpaired) electrons. The summed E-state index contributed by atoms with van der Waals surface area (Å²) < 4.78 is 12.9. The number of nitrogens with zero attached hydrogens (tertiary/aromatic N) is 1. The first-order chi connectivity index (χ1) is 14.0. The minimum Gasteiger partial charge on any atom is -0.490 e. The minimum atomic E-state index is 0.149. The minimum absolute atomic E-state index is 0.149. The lowest BCUT2D eigenvalue weighted by Crippen LogP contribution is -2.11. The SMILES string of the molecule is CC(C)(C)c1ccc(OCCOc2cccc(-c3nc4ccccc4s3)c2)cc1. The first kappa shape index (κ1) is 19.5. The number of ether oxygens (including phenoxy) is 2. The molecule has 0 aliphatic rings. The fraction of sp³-hybridized carbons (Fsp3) is 0.240. The molecule has 4 aromatic rings. The predicted octanol–water partition coefficient (Wildman–Crippen LogP) is 6.72. The van der Waals surface area contributed by atoms with E-state index in [0.717, 1.165) is 27.6 Å². The predicted molar refractivity (Wildman–Crippen MR) is 121 cm³/mol. The lowest BCUT2D eigenvalue weighted by Gasteiger charge is -2.19. The molecule has 0 saturated carbocycles. The molecule has 1 heterocycles. The van der Waals surface area contributed by atoms with Crippen LogP contribution < -0.4 is 9.47 Å². The zero-order chi connectivity index (χ0) is 20.3. The highest BCUT2D eigenvalue weighted by atomic mass is 32.1. The number of hydrogen-bond donors (Lipinski definition) is 0. The van der Waals surface area contributed by atoms with E-state index in [-0.39, 0.29) is 5.41 Å². The van der Waals surface area contributed by atoms with E-state index in [0.29, 0.717) is 13.2 Å². The summed E-state index contributed by atoms with van der Waals surface area (Å²) in [6.45, 7) is 7.61. The van der Waals surface area contributed by atoms with E-state index in [4.69, 9.17) is 14.5 Å². The van der Waals surface area contributed by atoms with Crippen LogP contribution in [0.4, 0.5) is 0 Å². The van der Waals surface area contributed by atoms with Gasteiger partial charge in [0.25, 0.3) is 0 Å². The first-order valence-electron chi connectivity index (χ1n) is 9.81. The molecule has 0 amide bonds. The highest BCUT2D eigenvalue weighted by Gasteiger charge is 2.13. The van der Waals surface area contributed by atoms with Crippen LogP contribution >= 0.6 is 11.3 Å². The van der Waals surface area contributed by atoms with Gasteiger partial charge in [-0.05, 0) is 47.4 Å². The molecule has 0 N–H and O–H groups in total. The van der Waals surface area contributed by atoms with Crippen LogP contribution in [0, 0.1) is 0 Å². The maximum Gasteiger partial charge on any atom is 0.124 e. The van der Waals surface area contributed by atoms with Gasteiger partial charge < -0.3 is 9.47 Å². The molecule has 0 bridgehead atoms. The molecule has 3 nitrogen and oxygen atoms in total. The molecule has 0 saturated heterocycles. The number of fused-ring (bicyclic) bond motifs is 1.